The highest BCUT2D eigenvalue weighted by atomic mass is 19.4. The summed E-state index contributed by atoms with van der Waals surface area (Å²) >= 11 is 0. The third kappa shape index (κ3) is 7.97. The number of alkyl halides is 3. The first kappa shape index (κ1) is 18.4. The lowest BCUT2D eigenvalue weighted by Gasteiger charge is -2.21. The van der Waals surface area contributed by atoms with Crippen molar-refractivity contribution in [2.24, 2.45) is 5.92 Å². The highest BCUT2D eigenvalue weighted by Gasteiger charge is 2.30. The van der Waals surface area contributed by atoms with Crippen LogP contribution >= 0.6 is 0 Å². The summed E-state index contributed by atoms with van der Waals surface area (Å²) in [5.41, 5.74) is 0.825. The Kier molecular flexibility index (Phi) is 7.31. The number of pyridine rings is 1. The first-order valence-corrected chi connectivity index (χ1v) is 7.25. The molecule has 124 valence electrons. The highest BCUT2D eigenvalue weighted by molar-refractivity contribution is 5.81. The Morgan fingerprint density at radius 1 is 1.32 bits per heavy atom. The maximum absolute atomic E-state index is 12.3. The second kappa shape index (κ2) is 8.73. The van der Waals surface area contributed by atoms with Crippen molar-refractivity contribution in [3.8, 4) is 0 Å². The van der Waals surface area contributed by atoms with Crippen LogP contribution in [0.25, 0.3) is 0 Å². The molecule has 2 N–H and O–H groups in total. The van der Waals surface area contributed by atoms with Crippen LogP contribution in [0.3, 0.4) is 0 Å². The van der Waals surface area contributed by atoms with Crippen LogP contribution in [-0.2, 0) is 11.2 Å². The molecular weight excluding hydrogens is 295 g/mol. The Hall–Kier alpha value is -1.63. The summed E-state index contributed by atoms with van der Waals surface area (Å²) in [4.78, 5) is 16.1. The Bertz CT molecular complexity index is 449. The molecule has 0 saturated heterocycles. The van der Waals surface area contributed by atoms with Gasteiger partial charge in [-0.1, -0.05) is 19.9 Å². The van der Waals surface area contributed by atoms with Crippen LogP contribution in [0.2, 0.25) is 0 Å². The molecule has 4 nitrogen and oxygen atoms in total. The lowest BCUT2D eigenvalue weighted by molar-refractivity contribution is -0.132. The number of aromatic nitrogens is 1. The summed E-state index contributed by atoms with van der Waals surface area (Å²) in [5, 5.41) is 4.95. The first-order valence-electron chi connectivity index (χ1n) is 7.25. The van der Waals surface area contributed by atoms with E-state index in [1.54, 1.807) is 12.3 Å². The summed E-state index contributed by atoms with van der Waals surface area (Å²) < 4.78 is 36.9. The third-order valence-corrected chi connectivity index (χ3v) is 2.98. The van der Waals surface area contributed by atoms with E-state index in [1.807, 2.05) is 26.0 Å². The van der Waals surface area contributed by atoms with E-state index in [0.717, 1.165) is 5.69 Å². The molecule has 7 heteroatoms. The minimum atomic E-state index is -4.33. The molecule has 0 saturated carbocycles. The van der Waals surface area contributed by atoms with Crippen molar-refractivity contribution in [2.75, 3.05) is 13.1 Å². The van der Waals surface area contributed by atoms with Crippen molar-refractivity contribution in [1.82, 2.24) is 15.6 Å². The van der Waals surface area contributed by atoms with Crippen molar-refractivity contribution >= 4 is 5.91 Å². The smallest absolute Gasteiger partial charge is 0.354 e. The lowest BCUT2D eigenvalue weighted by Crippen LogP contribution is -2.48. The second-order valence-electron chi connectivity index (χ2n) is 5.54. The summed E-state index contributed by atoms with van der Waals surface area (Å²) in [6.07, 6.45) is -1.78. The standard InChI is InChI=1S/C15H22F3N3O/c1-11(2)9-13(21-10-15(16,17)18)14(22)20-8-6-12-5-3-4-7-19-12/h3-5,7,11,13,21H,6,8-10H2,1-2H3,(H,20,22)/t13-/m0/s1. The zero-order chi connectivity index (χ0) is 16.6. The van der Waals surface area contributed by atoms with Crippen LogP contribution in [0.5, 0.6) is 0 Å². The van der Waals surface area contributed by atoms with Crippen molar-refractivity contribution in [3.05, 3.63) is 30.1 Å². The highest BCUT2D eigenvalue weighted by Crippen LogP contribution is 2.14. The second-order valence-corrected chi connectivity index (χ2v) is 5.54. The number of amides is 1. The predicted octanol–water partition coefficient (Wildman–Crippen LogP) is 2.31. The van der Waals surface area contributed by atoms with Gasteiger partial charge in [-0.15, -0.1) is 0 Å². The van der Waals surface area contributed by atoms with Gasteiger partial charge in [0.25, 0.3) is 0 Å². The molecule has 0 fully saturated rings. The van der Waals surface area contributed by atoms with Gasteiger partial charge in [0.2, 0.25) is 5.91 Å². The van der Waals surface area contributed by atoms with Crippen molar-refractivity contribution in [1.29, 1.82) is 0 Å². The molecule has 1 aromatic rings. The minimum absolute atomic E-state index is 0.118. The number of rotatable bonds is 8. The van der Waals surface area contributed by atoms with Gasteiger partial charge < -0.3 is 5.32 Å². The van der Waals surface area contributed by atoms with Crippen LogP contribution in [0.1, 0.15) is 26.0 Å². The van der Waals surface area contributed by atoms with Crippen LogP contribution in [0.4, 0.5) is 13.2 Å². The lowest BCUT2D eigenvalue weighted by atomic mass is 10.0. The molecule has 1 rings (SSSR count). The zero-order valence-corrected chi connectivity index (χ0v) is 12.8. The molecule has 0 aliphatic heterocycles. The van der Waals surface area contributed by atoms with Crippen LogP contribution in [0.15, 0.2) is 24.4 Å². The average molecular weight is 317 g/mol. The Morgan fingerprint density at radius 2 is 2.05 bits per heavy atom. The number of carbonyl (C=O) groups is 1. The molecule has 1 heterocycles. The van der Waals surface area contributed by atoms with Gasteiger partial charge in [0.05, 0.1) is 12.6 Å². The van der Waals surface area contributed by atoms with Gasteiger partial charge in [-0.3, -0.25) is 15.1 Å². The quantitative estimate of drug-likeness (QED) is 0.773. The maximum Gasteiger partial charge on any atom is 0.401 e. The molecule has 22 heavy (non-hydrogen) atoms. The van der Waals surface area contributed by atoms with Gasteiger partial charge >= 0.3 is 6.18 Å². The van der Waals surface area contributed by atoms with Gasteiger partial charge in [-0.2, -0.15) is 13.2 Å². The fraction of sp³-hybridized carbons (Fsp3) is 0.600. The van der Waals surface area contributed by atoms with Crippen molar-refractivity contribution in [3.63, 3.8) is 0 Å². The number of nitrogens with one attached hydrogen (secondary N) is 2. The van der Waals surface area contributed by atoms with Gasteiger partial charge in [-0.25, -0.2) is 0 Å². The molecule has 0 unspecified atom stereocenters. The predicted molar refractivity (Wildman–Crippen MR) is 78.3 cm³/mol. The van der Waals surface area contributed by atoms with Gasteiger partial charge in [0.1, 0.15) is 0 Å². The molecule has 1 aromatic heterocycles. The van der Waals surface area contributed by atoms with E-state index in [1.165, 1.54) is 0 Å². The number of hydrogen-bond acceptors (Lipinski definition) is 3. The summed E-state index contributed by atoms with van der Waals surface area (Å²) in [6.45, 7) is 2.91. The number of hydrogen-bond donors (Lipinski definition) is 2. The average Bonchev–Trinajstić information content (AvgIpc) is 2.43. The zero-order valence-electron chi connectivity index (χ0n) is 12.8. The third-order valence-electron chi connectivity index (χ3n) is 2.98. The Balaban J connectivity index is 2.45. The van der Waals surface area contributed by atoms with E-state index in [-0.39, 0.29) is 5.92 Å². The van der Waals surface area contributed by atoms with E-state index < -0.39 is 24.7 Å². The van der Waals surface area contributed by atoms with Crippen LogP contribution in [-0.4, -0.2) is 36.2 Å². The molecular formula is C15H22F3N3O. The SMILES string of the molecule is CC(C)C[C@H](NCC(F)(F)F)C(=O)NCCc1ccccn1. The number of halogens is 3. The van der Waals surface area contributed by atoms with Gasteiger partial charge in [-0.05, 0) is 24.5 Å². The van der Waals surface area contributed by atoms with E-state index in [9.17, 15) is 18.0 Å². The normalized spacial score (nSPS) is 13.2. The van der Waals surface area contributed by atoms with Gasteiger partial charge in [0, 0.05) is 24.9 Å². The fourth-order valence-electron chi connectivity index (χ4n) is 1.98. The molecule has 0 spiro atoms. The van der Waals surface area contributed by atoms with Crippen molar-refractivity contribution in [2.45, 2.75) is 38.9 Å². The van der Waals surface area contributed by atoms with Gasteiger partial charge in [0.15, 0.2) is 0 Å². The van der Waals surface area contributed by atoms with E-state index >= 15 is 0 Å². The summed E-state index contributed by atoms with van der Waals surface area (Å²) in [7, 11) is 0. The topological polar surface area (TPSA) is 54.0 Å². The maximum atomic E-state index is 12.3. The number of carbonyl (C=O) groups excluding carboxylic acids is 1. The fourth-order valence-corrected chi connectivity index (χ4v) is 1.98. The van der Waals surface area contributed by atoms with Crippen LogP contribution < -0.4 is 10.6 Å². The van der Waals surface area contributed by atoms with E-state index in [0.29, 0.717) is 19.4 Å². The molecule has 1 atom stereocenters. The number of nitrogens with zero attached hydrogens (tertiary/aromatic N) is 1. The molecule has 1 amide bonds. The monoisotopic (exact) mass is 317 g/mol. The molecule has 0 radical (unpaired) electrons. The molecule has 0 aliphatic rings. The largest absolute Gasteiger partial charge is 0.401 e. The molecule has 0 aliphatic carbocycles. The Morgan fingerprint density at radius 3 is 2.59 bits per heavy atom. The molecule has 0 bridgehead atoms. The van der Waals surface area contributed by atoms with E-state index in [2.05, 4.69) is 15.6 Å². The van der Waals surface area contributed by atoms with E-state index in [4.69, 9.17) is 0 Å². The van der Waals surface area contributed by atoms with Crippen LogP contribution in [0, 0.1) is 5.92 Å². The minimum Gasteiger partial charge on any atom is -0.354 e. The Labute approximate surface area is 128 Å². The first-order chi connectivity index (χ1) is 10.3. The van der Waals surface area contributed by atoms with Crippen molar-refractivity contribution < 1.29 is 18.0 Å². The summed E-state index contributed by atoms with van der Waals surface area (Å²) in [6, 6.07) is 4.63. The summed E-state index contributed by atoms with van der Waals surface area (Å²) in [5.74, 6) is -0.291. The molecule has 0 aromatic carbocycles.